The molecule has 1 aliphatic carbocycles. The minimum atomic E-state index is -0.886. The number of amides is 2. The number of nitrogens with zero attached hydrogens (tertiary/aromatic N) is 2. The van der Waals surface area contributed by atoms with Crippen molar-refractivity contribution in [2.24, 2.45) is 5.73 Å². The molecule has 0 unspecified atom stereocenters. The van der Waals surface area contributed by atoms with E-state index in [2.05, 4.69) is 6.08 Å². The van der Waals surface area contributed by atoms with Crippen molar-refractivity contribution in [1.82, 2.24) is 9.47 Å². The second-order valence-corrected chi connectivity index (χ2v) is 9.42. The van der Waals surface area contributed by atoms with Crippen LogP contribution >= 0.6 is 0 Å². The summed E-state index contributed by atoms with van der Waals surface area (Å²) in [5.41, 5.74) is 7.33. The van der Waals surface area contributed by atoms with E-state index in [4.69, 9.17) is 10.5 Å². The summed E-state index contributed by atoms with van der Waals surface area (Å²) >= 11 is 0. The molecule has 36 heavy (non-hydrogen) atoms. The number of rotatable bonds is 11. The summed E-state index contributed by atoms with van der Waals surface area (Å²) in [5.74, 6) is -0.731. The molecule has 0 atom stereocenters. The van der Waals surface area contributed by atoms with Crippen LogP contribution in [-0.4, -0.2) is 52.7 Å². The standard InChI is InChI=1S/C28H37N3O5/c1-19(2)31(15-16-32)28(35)25-23(14-13-20-9-5-4-6-10-20)30(18-22(26(25)33)27(29)34)17-21-11-7-8-12-24(21)36-3/h7-9,11-12,18-19,32H,4-6,10,13-17H2,1-3H3,(H2,29,34). The number of nitrogens with two attached hydrogens (primary N) is 1. The molecule has 1 aromatic heterocycles. The molecule has 1 aromatic carbocycles. The smallest absolute Gasteiger partial charge is 0.259 e. The van der Waals surface area contributed by atoms with Gasteiger partial charge in [0.2, 0.25) is 5.43 Å². The molecule has 3 rings (SSSR count). The van der Waals surface area contributed by atoms with Gasteiger partial charge < -0.3 is 25.0 Å². The van der Waals surface area contributed by atoms with E-state index in [0.29, 0.717) is 30.8 Å². The van der Waals surface area contributed by atoms with Crippen molar-refractivity contribution in [3.8, 4) is 5.75 Å². The molecule has 0 bridgehead atoms. The minimum absolute atomic E-state index is 0.0558. The fourth-order valence-corrected chi connectivity index (χ4v) is 4.78. The van der Waals surface area contributed by atoms with E-state index in [1.165, 1.54) is 23.1 Å². The van der Waals surface area contributed by atoms with Crippen molar-refractivity contribution in [2.45, 2.75) is 65.0 Å². The van der Waals surface area contributed by atoms with Crippen molar-refractivity contribution in [3.05, 3.63) is 74.7 Å². The van der Waals surface area contributed by atoms with E-state index in [0.717, 1.165) is 24.8 Å². The Morgan fingerprint density at radius 1 is 1.19 bits per heavy atom. The lowest BCUT2D eigenvalue weighted by Gasteiger charge is -2.28. The Morgan fingerprint density at radius 3 is 2.56 bits per heavy atom. The highest BCUT2D eigenvalue weighted by molar-refractivity contribution is 5.99. The number of para-hydroxylation sites is 1. The average Bonchev–Trinajstić information content (AvgIpc) is 2.87. The minimum Gasteiger partial charge on any atom is -0.496 e. The molecular formula is C28H37N3O5. The predicted molar refractivity (Wildman–Crippen MR) is 139 cm³/mol. The van der Waals surface area contributed by atoms with Gasteiger partial charge in [-0.3, -0.25) is 14.4 Å². The van der Waals surface area contributed by atoms with Gasteiger partial charge in [-0.2, -0.15) is 0 Å². The van der Waals surface area contributed by atoms with Gasteiger partial charge in [-0.25, -0.2) is 0 Å². The van der Waals surface area contributed by atoms with Gasteiger partial charge in [-0.1, -0.05) is 29.8 Å². The molecular weight excluding hydrogens is 458 g/mol. The number of methoxy groups -OCH3 is 1. The Kier molecular flexibility index (Phi) is 9.47. The summed E-state index contributed by atoms with van der Waals surface area (Å²) in [6.45, 7) is 3.78. The fraction of sp³-hybridized carbons (Fsp3) is 0.464. The van der Waals surface area contributed by atoms with Gasteiger partial charge in [0.1, 0.15) is 16.9 Å². The number of allylic oxidation sites excluding steroid dienone is 2. The van der Waals surface area contributed by atoms with Crippen LogP contribution in [0, 0.1) is 0 Å². The van der Waals surface area contributed by atoms with E-state index in [1.54, 1.807) is 11.7 Å². The first-order valence-electron chi connectivity index (χ1n) is 12.6. The fourth-order valence-electron chi connectivity index (χ4n) is 4.78. The Labute approximate surface area is 212 Å². The largest absolute Gasteiger partial charge is 0.496 e. The zero-order chi connectivity index (χ0) is 26.2. The zero-order valence-electron chi connectivity index (χ0n) is 21.5. The second kappa shape index (κ2) is 12.5. The number of primary amides is 1. The number of aliphatic hydroxyl groups is 1. The number of carbonyl (C=O) groups is 2. The van der Waals surface area contributed by atoms with Crippen LogP contribution in [0.3, 0.4) is 0 Å². The second-order valence-electron chi connectivity index (χ2n) is 9.42. The number of hydrogen-bond acceptors (Lipinski definition) is 5. The Bertz CT molecular complexity index is 1180. The highest BCUT2D eigenvalue weighted by atomic mass is 16.5. The van der Waals surface area contributed by atoms with Gasteiger partial charge in [0.15, 0.2) is 0 Å². The normalized spacial score (nSPS) is 13.4. The van der Waals surface area contributed by atoms with Crippen molar-refractivity contribution in [1.29, 1.82) is 0 Å². The molecule has 3 N–H and O–H groups in total. The summed E-state index contributed by atoms with van der Waals surface area (Å²) in [7, 11) is 1.58. The van der Waals surface area contributed by atoms with Gasteiger partial charge >= 0.3 is 0 Å². The van der Waals surface area contributed by atoms with Crippen LogP contribution in [0.15, 0.2) is 46.9 Å². The van der Waals surface area contributed by atoms with E-state index in [9.17, 15) is 19.5 Å². The Hall–Kier alpha value is -3.39. The molecule has 194 valence electrons. The summed E-state index contributed by atoms with van der Waals surface area (Å²) in [6.07, 6.45) is 9.22. The first-order chi connectivity index (χ1) is 17.3. The van der Waals surface area contributed by atoms with Crippen LogP contribution in [0.4, 0.5) is 0 Å². The number of aromatic nitrogens is 1. The first-order valence-corrected chi connectivity index (χ1v) is 12.6. The van der Waals surface area contributed by atoms with Gasteiger partial charge in [0.05, 0.1) is 20.3 Å². The molecule has 0 aliphatic heterocycles. The average molecular weight is 496 g/mol. The molecule has 8 nitrogen and oxygen atoms in total. The van der Waals surface area contributed by atoms with Crippen LogP contribution in [0.25, 0.3) is 0 Å². The molecule has 0 fully saturated rings. The van der Waals surface area contributed by atoms with Crippen LogP contribution in [0.2, 0.25) is 0 Å². The van der Waals surface area contributed by atoms with Gasteiger partial charge in [0.25, 0.3) is 11.8 Å². The van der Waals surface area contributed by atoms with Crippen molar-refractivity contribution >= 4 is 11.8 Å². The van der Waals surface area contributed by atoms with E-state index in [-0.39, 0.29) is 30.3 Å². The third-order valence-corrected chi connectivity index (χ3v) is 6.70. The maximum absolute atomic E-state index is 13.8. The summed E-state index contributed by atoms with van der Waals surface area (Å²) in [5, 5.41) is 9.57. The quantitative estimate of drug-likeness (QED) is 0.464. The third-order valence-electron chi connectivity index (χ3n) is 6.70. The molecule has 1 heterocycles. The molecule has 0 saturated heterocycles. The SMILES string of the molecule is COc1ccccc1Cn1cc(C(N)=O)c(=O)c(C(=O)N(CCO)C(C)C)c1CCC1=CCCCC1. The van der Waals surface area contributed by atoms with Gasteiger partial charge in [-0.15, -0.1) is 0 Å². The number of carbonyl (C=O) groups excluding carboxylic acids is 2. The third kappa shape index (κ3) is 6.23. The van der Waals surface area contributed by atoms with Crippen LogP contribution in [-0.2, 0) is 13.0 Å². The molecule has 1 aliphatic rings. The van der Waals surface area contributed by atoms with Crippen molar-refractivity contribution < 1.29 is 19.4 Å². The highest BCUT2D eigenvalue weighted by Gasteiger charge is 2.28. The first kappa shape index (κ1) is 27.2. The van der Waals surface area contributed by atoms with Crippen LogP contribution in [0.1, 0.15) is 77.9 Å². The topological polar surface area (TPSA) is 115 Å². The number of hydrogen-bond donors (Lipinski definition) is 2. The number of ether oxygens (including phenoxy) is 1. The molecule has 0 spiro atoms. The lowest BCUT2D eigenvalue weighted by molar-refractivity contribution is 0.0661. The van der Waals surface area contributed by atoms with Crippen LogP contribution in [0.5, 0.6) is 5.75 Å². The van der Waals surface area contributed by atoms with E-state index < -0.39 is 17.2 Å². The van der Waals surface area contributed by atoms with Crippen LogP contribution < -0.4 is 15.9 Å². The van der Waals surface area contributed by atoms with E-state index in [1.807, 2.05) is 38.1 Å². The maximum atomic E-state index is 13.8. The lowest BCUT2D eigenvalue weighted by atomic mass is 9.93. The lowest BCUT2D eigenvalue weighted by Crippen LogP contribution is -2.43. The summed E-state index contributed by atoms with van der Waals surface area (Å²) in [4.78, 5) is 41.0. The Morgan fingerprint density at radius 2 is 1.94 bits per heavy atom. The molecule has 0 saturated carbocycles. The number of benzene rings is 1. The maximum Gasteiger partial charge on any atom is 0.259 e. The predicted octanol–water partition coefficient (Wildman–Crippen LogP) is 3.28. The monoisotopic (exact) mass is 495 g/mol. The molecule has 2 amide bonds. The van der Waals surface area contributed by atoms with Gasteiger partial charge in [0, 0.05) is 30.0 Å². The van der Waals surface area contributed by atoms with Crippen molar-refractivity contribution in [3.63, 3.8) is 0 Å². The Balaban J connectivity index is 2.21. The van der Waals surface area contributed by atoms with E-state index >= 15 is 0 Å². The van der Waals surface area contributed by atoms with Crippen molar-refractivity contribution in [2.75, 3.05) is 20.3 Å². The van der Waals surface area contributed by atoms with Gasteiger partial charge in [-0.05, 0) is 58.4 Å². The number of aliphatic hydroxyl groups excluding tert-OH is 1. The summed E-state index contributed by atoms with van der Waals surface area (Å²) < 4.78 is 7.30. The zero-order valence-corrected chi connectivity index (χ0v) is 21.5. The summed E-state index contributed by atoms with van der Waals surface area (Å²) in [6, 6.07) is 7.24. The molecule has 8 heteroatoms. The number of pyridine rings is 1. The molecule has 2 aromatic rings. The highest BCUT2D eigenvalue weighted by Crippen LogP contribution is 2.25. The molecule has 0 radical (unpaired) electrons.